The molecule has 4 aliphatic rings. The van der Waals surface area contributed by atoms with Crippen molar-refractivity contribution in [2.45, 2.75) is 146 Å². The first kappa shape index (κ1) is 89.4. The SMILES string of the molecule is C.C.CC(C)C1CCC(C)C1P(c1ccccc1)c1ccccc1.CC1=C(P(c2ccccc2)c2ccccc2)C(C(C)C)=C[CH-]C1.CC1=C(P(c2ccccc2)c2ccccc2)C([C@H](C)N(C)C)=C[CH-]C1.CC1CCC([C@H](C)N(C)C)C1P(c1ccccc1)c1ccccc1.[CH3-].[CH3-].[Fe+2].[Fe+2]. The molecule has 8 aromatic carbocycles. The first-order valence-electron chi connectivity index (χ1n) is 34.9. The number of nitrogens with zero attached hydrogens (tertiary/aromatic N) is 2. The predicted molar refractivity (Wildman–Crippen MR) is 449 cm³/mol. The third-order valence-corrected chi connectivity index (χ3v) is 32.0. The summed E-state index contributed by atoms with van der Waals surface area (Å²) in [5, 5.41) is 15.0. The molecule has 8 atom stereocenters. The van der Waals surface area contributed by atoms with Crippen LogP contribution in [-0.2, 0) is 34.1 Å². The molecule has 2 nitrogen and oxygen atoms in total. The molecule has 0 saturated heterocycles. The number of rotatable bonds is 18. The molecule has 536 valence electrons. The Hall–Kier alpha value is -4.86. The van der Waals surface area contributed by atoms with Crippen molar-refractivity contribution in [2.24, 2.45) is 35.5 Å². The maximum absolute atomic E-state index is 2.48. The fourth-order valence-corrected chi connectivity index (χ4v) is 27.2. The van der Waals surface area contributed by atoms with E-state index in [1.807, 2.05) is 0 Å². The van der Waals surface area contributed by atoms with Crippen molar-refractivity contribution >= 4 is 74.1 Å². The fourth-order valence-electron chi connectivity index (χ4n) is 14.7. The third kappa shape index (κ3) is 23.1. The van der Waals surface area contributed by atoms with Gasteiger partial charge in [0.15, 0.2) is 0 Å². The zero-order valence-electron chi connectivity index (χ0n) is 61.8. The van der Waals surface area contributed by atoms with Gasteiger partial charge >= 0.3 is 34.1 Å². The van der Waals surface area contributed by atoms with Crippen LogP contribution in [0, 0.1) is 63.2 Å². The Morgan fingerprint density at radius 3 is 0.890 bits per heavy atom. The van der Waals surface area contributed by atoms with Gasteiger partial charge in [-0.25, -0.2) is 25.0 Å². The Bertz CT molecular complexity index is 3500. The molecule has 8 heteroatoms. The van der Waals surface area contributed by atoms with Gasteiger partial charge in [-0.2, -0.15) is 11.1 Å². The Labute approximate surface area is 638 Å². The second kappa shape index (κ2) is 44.7. The Kier molecular flexibility index (Phi) is 40.0. The maximum Gasteiger partial charge on any atom is 2.00 e. The number of allylic oxidation sites excluding steroid dienone is 6. The van der Waals surface area contributed by atoms with E-state index in [4.69, 9.17) is 0 Å². The van der Waals surface area contributed by atoms with Crippen LogP contribution in [-0.4, -0.2) is 61.4 Å². The molecule has 0 spiro atoms. The molecule has 4 aliphatic carbocycles. The summed E-state index contributed by atoms with van der Waals surface area (Å²) in [6, 6.07) is 90.1. The first-order chi connectivity index (χ1) is 45.5. The van der Waals surface area contributed by atoms with E-state index >= 15 is 0 Å². The number of benzene rings is 8. The van der Waals surface area contributed by atoms with E-state index in [2.05, 4.69) is 375 Å². The molecule has 0 aromatic heterocycles. The summed E-state index contributed by atoms with van der Waals surface area (Å²) in [5.74, 6) is 4.60. The Balaban J connectivity index is 0.000000340. The minimum atomic E-state index is -0.540. The minimum absolute atomic E-state index is 0. The normalized spacial score (nSPS) is 19.0. The molecular formula is C92H122Fe2N2P4. The van der Waals surface area contributed by atoms with Gasteiger partial charge in [0.2, 0.25) is 0 Å². The number of likely N-dealkylation sites (N-methyl/N-ethyl adjacent to an activating group) is 1. The van der Waals surface area contributed by atoms with E-state index in [9.17, 15) is 0 Å². The van der Waals surface area contributed by atoms with Gasteiger partial charge in [0.1, 0.15) is 0 Å². The number of hydrogen-bond acceptors (Lipinski definition) is 2. The molecule has 2 fully saturated rings. The number of hydrogen-bond donors (Lipinski definition) is 0. The molecule has 0 N–H and O–H groups in total. The van der Waals surface area contributed by atoms with Crippen molar-refractivity contribution in [3.63, 3.8) is 0 Å². The van der Waals surface area contributed by atoms with Gasteiger partial charge in [-0.1, -0.05) is 347 Å². The van der Waals surface area contributed by atoms with Gasteiger partial charge in [-0.05, 0) is 196 Å². The molecule has 0 radical (unpaired) electrons. The van der Waals surface area contributed by atoms with E-state index in [0.717, 1.165) is 53.7 Å². The third-order valence-electron chi connectivity index (χ3n) is 20.1. The van der Waals surface area contributed by atoms with Crippen LogP contribution >= 0.6 is 31.7 Å². The van der Waals surface area contributed by atoms with Crippen LogP contribution in [0.25, 0.3) is 0 Å². The zero-order chi connectivity index (χ0) is 66.7. The van der Waals surface area contributed by atoms with Crippen LogP contribution in [0.2, 0.25) is 0 Å². The average molecular weight is 1490 g/mol. The van der Waals surface area contributed by atoms with Crippen LogP contribution in [0.4, 0.5) is 0 Å². The van der Waals surface area contributed by atoms with E-state index < -0.39 is 15.8 Å². The summed E-state index contributed by atoms with van der Waals surface area (Å²) in [5.41, 5.74) is 7.59. The largest absolute Gasteiger partial charge is 2.00 e. The fraction of sp³-hybridized carbons (Fsp3) is 0.348. The van der Waals surface area contributed by atoms with Gasteiger partial charge in [0, 0.05) is 6.04 Å². The summed E-state index contributed by atoms with van der Waals surface area (Å²) < 4.78 is 0. The quantitative estimate of drug-likeness (QED) is 0.0480. The van der Waals surface area contributed by atoms with Crippen molar-refractivity contribution < 1.29 is 34.1 Å². The zero-order valence-corrected chi connectivity index (χ0v) is 67.6. The van der Waals surface area contributed by atoms with Crippen LogP contribution in [0.15, 0.2) is 288 Å². The minimum Gasteiger partial charge on any atom is -0.358 e. The maximum atomic E-state index is 2.48. The van der Waals surface area contributed by atoms with E-state index in [1.54, 1.807) is 21.2 Å². The van der Waals surface area contributed by atoms with Crippen LogP contribution in [0.3, 0.4) is 0 Å². The van der Waals surface area contributed by atoms with Crippen LogP contribution in [0.5, 0.6) is 0 Å². The summed E-state index contributed by atoms with van der Waals surface area (Å²) in [7, 11) is 7.20. The topological polar surface area (TPSA) is 6.48 Å². The van der Waals surface area contributed by atoms with Gasteiger partial charge in [0.05, 0.1) is 0 Å². The van der Waals surface area contributed by atoms with Crippen LogP contribution < -0.4 is 42.4 Å². The predicted octanol–water partition coefficient (Wildman–Crippen LogP) is 22.3. The molecule has 12 rings (SSSR count). The van der Waals surface area contributed by atoms with Crippen molar-refractivity contribution in [2.75, 3.05) is 28.2 Å². The molecule has 0 amide bonds. The van der Waals surface area contributed by atoms with Crippen molar-refractivity contribution in [3.8, 4) is 0 Å². The second-order valence-corrected chi connectivity index (χ2v) is 36.7. The van der Waals surface area contributed by atoms with E-state index in [-0.39, 0.29) is 79.7 Å². The molecule has 8 aromatic rings. The molecule has 100 heavy (non-hydrogen) atoms. The molecule has 6 unspecified atom stereocenters. The summed E-state index contributed by atoms with van der Waals surface area (Å²) in [4.78, 5) is 4.72. The molecule has 0 heterocycles. The van der Waals surface area contributed by atoms with Gasteiger partial charge in [0.25, 0.3) is 0 Å². The Morgan fingerprint density at radius 2 is 0.620 bits per heavy atom. The first-order valence-corrected chi connectivity index (χ1v) is 40.4. The summed E-state index contributed by atoms with van der Waals surface area (Å²) >= 11 is 0. The molecule has 0 bridgehead atoms. The van der Waals surface area contributed by atoms with E-state index in [1.165, 1.54) is 79.8 Å². The van der Waals surface area contributed by atoms with Crippen molar-refractivity contribution in [1.82, 2.24) is 9.80 Å². The van der Waals surface area contributed by atoms with Crippen molar-refractivity contribution in [3.05, 3.63) is 315 Å². The molecular weight excluding hydrogens is 1370 g/mol. The van der Waals surface area contributed by atoms with Crippen molar-refractivity contribution in [1.29, 1.82) is 0 Å². The van der Waals surface area contributed by atoms with Gasteiger partial charge in [-0.15, -0.1) is 0 Å². The monoisotopic (exact) mass is 1490 g/mol. The Morgan fingerprint density at radius 1 is 0.360 bits per heavy atom. The smallest absolute Gasteiger partial charge is 0.358 e. The van der Waals surface area contributed by atoms with Gasteiger partial charge < -0.3 is 24.7 Å². The van der Waals surface area contributed by atoms with E-state index in [0.29, 0.717) is 18.0 Å². The summed E-state index contributed by atoms with van der Waals surface area (Å²) in [6.45, 7) is 23.7. The molecule has 0 aliphatic heterocycles. The summed E-state index contributed by atoms with van der Waals surface area (Å²) in [6.07, 6.45) is 17.0. The standard InChI is InChI=1S/C23H27NP.C22H30NP.C22H24P.C21H27P.2CH4.2CH3.2Fe/c1-18-12-11-17-22(19(2)24(3)4)23(18)25(20-13-7-5-8-14-20)21-15-9-6-10-16-21;1-17-15-16-21(18(2)23(3)4)22(17)24(19-11-7-5-8-12-19)20-13-9-6-10-14-20;1-17(2)21-16-10-11-18(3)22(21)23(19-12-6-4-7-13-19)20-14-8-5-9-15-20;1-16(2)20-15-14-17(3)21(20)22(18-10-6-4-7-11-18)19-12-8-5-9-13-19;;;;;;/h5-11,13-17,19H,12H2,1-4H3;5-14,17-18,21-22H,15-16H2,1-4H3;4-10,12-17H,11H2,1-3H3;4-13,16-17,20-21H,14-15H2,1-3H3;2*1H4;2*1H3;;/q-1;;-1;;;;2*-1;2*+2/t19-;17?,18-,21?,22?;;;;;;;;/m00......../s1. The van der Waals surface area contributed by atoms with Gasteiger partial charge in [-0.3, -0.25) is 0 Å². The second-order valence-electron chi connectivity index (χ2n) is 27.6. The average Bonchev–Trinajstić information content (AvgIpc) is 1.18. The molecule has 2 saturated carbocycles. The van der Waals surface area contributed by atoms with Crippen LogP contribution in [0.1, 0.15) is 123 Å².